The minimum Gasteiger partial charge on any atom is -0.452 e. The van der Waals surface area contributed by atoms with E-state index in [4.69, 9.17) is 4.74 Å². The van der Waals surface area contributed by atoms with Gasteiger partial charge in [-0.15, -0.1) is 0 Å². The van der Waals surface area contributed by atoms with Crippen LogP contribution in [0.3, 0.4) is 0 Å². The van der Waals surface area contributed by atoms with Crippen LogP contribution < -0.4 is 5.32 Å². The molecule has 0 aliphatic rings. The Hall–Kier alpha value is -3.20. The molecule has 0 fully saturated rings. The number of aromatic nitrogens is 2. The van der Waals surface area contributed by atoms with Gasteiger partial charge in [0.2, 0.25) is 0 Å². The molecule has 1 heterocycles. The van der Waals surface area contributed by atoms with Gasteiger partial charge in [0.15, 0.2) is 6.61 Å². The third kappa shape index (κ3) is 5.44. The number of nitrogens with one attached hydrogen (secondary N) is 1. The SMILES string of the molecule is Cc1cc(C)n(-c2ccc(C(=O)OCC(=O)Nc3ccccc3SC(F)F)cc2)n1. The average Bonchev–Trinajstić information content (AvgIpc) is 3.05. The van der Waals surface area contributed by atoms with Crippen molar-refractivity contribution in [3.05, 3.63) is 71.5 Å². The van der Waals surface area contributed by atoms with Gasteiger partial charge in [0.25, 0.3) is 11.7 Å². The van der Waals surface area contributed by atoms with Gasteiger partial charge in [-0.25, -0.2) is 9.48 Å². The van der Waals surface area contributed by atoms with E-state index in [1.807, 2.05) is 19.9 Å². The smallest absolute Gasteiger partial charge is 0.338 e. The summed E-state index contributed by atoms with van der Waals surface area (Å²) in [6.07, 6.45) is 0. The van der Waals surface area contributed by atoms with Crippen LogP contribution in [0.1, 0.15) is 21.7 Å². The number of aryl methyl sites for hydroxylation is 2. The highest BCUT2D eigenvalue weighted by Crippen LogP contribution is 2.31. The molecule has 2 aromatic carbocycles. The molecule has 3 aromatic rings. The average molecular weight is 431 g/mol. The van der Waals surface area contributed by atoms with E-state index in [0.717, 1.165) is 17.1 Å². The normalized spacial score (nSPS) is 10.8. The van der Waals surface area contributed by atoms with Gasteiger partial charge >= 0.3 is 5.97 Å². The Bertz CT molecular complexity index is 1050. The molecule has 3 rings (SSSR count). The maximum atomic E-state index is 12.6. The number of anilines is 1. The predicted molar refractivity (Wildman–Crippen MR) is 110 cm³/mol. The summed E-state index contributed by atoms with van der Waals surface area (Å²) in [4.78, 5) is 24.5. The minimum absolute atomic E-state index is 0.229. The van der Waals surface area contributed by atoms with E-state index in [-0.39, 0.29) is 16.1 Å². The van der Waals surface area contributed by atoms with Gasteiger partial charge in [0.1, 0.15) is 0 Å². The molecule has 0 saturated carbocycles. The minimum atomic E-state index is -2.61. The van der Waals surface area contributed by atoms with Gasteiger partial charge in [-0.05, 0) is 56.3 Å². The zero-order chi connectivity index (χ0) is 21.7. The molecule has 0 unspecified atom stereocenters. The monoisotopic (exact) mass is 431 g/mol. The molecule has 30 heavy (non-hydrogen) atoms. The lowest BCUT2D eigenvalue weighted by Crippen LogP contribution is -2.21. The summed E-state index contributed by atoms with van der Waals surface area (Å²) < 4.78 is 32.0. The number of nitrogens with zero attached hydrogens (tertiary/aromatic N) is 2. The number of hydrogen-bond donors (Lipinski definition) is 1. The highest BCUT2D eigenvalue weighted by atomic mass is 32.2. The Balaban J connectivity index is 1.58. The van der Waals surface area contributed by atoms with Crippen molar-refractivity contribution in [2.75, 3.05) is 11.9 Å². The Labute approximate surface area is 176 Å². The molecule has 9 heteroatoms. The van der Waals surface area contributed by atoms with Crippen LogP contribution in [0.5, 0.6) is 0 Å². The number of thioether (sulfide) groups is 1. The van der Waals surface area contributed by atoms with Crippen LogP contribution in [0.25, 0.3) is 5.69 Å². The number of rotatable bonds is 7. The summed E-state index contributed by atoms with van der Waals surface area (Å²) in [6.45, 7) is 3.29. The number of esters is 1. The Morgan fingerprint density at radius 1 is 1.13 bits per heavy atom. The standard InChI is InChI=1S/C21H19F2N3O3S/c1-13-11-14(2)26(25-13)16-9-7-15(8-10-16)20(28)29-12-19(27)24-17-5-3-4-6-18(17)30-21(22)23/h3-11,21H,12H2,1-2H3,(H,24,27). The van der Waals surface area contributed by atoms with Crippen LogP contribution in [0.4, 0.5) is 14.5 Å². The molecule has 0 bridgehead atoms. The first-order valence-corrected chi connectivity index (χ1v) is 9.86. The lowest BCUT2D eigenvalue weighted by Gasteiger charge is -2.11. The first-order chi connectivity index (χ1) is 14.3. The fraction of sp³-hybridized carbons (Fsp3) is 0.190. The molecule has 6 nitrogen and oxygen atoms in total. The third-order valence-corrected chi connectivity index (χ3v) is 4.86. The van der Waals surface area contributed by atoms with Crippen LogP contribution in [-0.2, 0) is 9.53 Å². The van der Waals surface area contributed by atoms with E-state index >= 15 is 0 Å². The van der Waals surface area contributed by atoms with Crippen LogP contribution >= 0.6 is 11.8 Å². The van der Waals surface area contributed by atoms with Gasteiger partial charge < -0.3 is 10.1 Å². The second-order valence-electron chi connectivity index (χ2n) is 6.38. The van der Waals surface area contributed by atoms with Crippen molar-refractivity contribution < 1.29 is 23.1 Å². The van der Waals surface area contributed by atoms with Crippen LogP contribution in [0.2, 0.25) is 0 Å². The van der Waals surface area contributed by atoms with Gasteiger partial charge in [-0.2, -0.15) is 13.9 Å². The number of hydrogen-bond acceptors (Lipinski definition) is 5. The number of amides is 1. The molecule has 1 aromatic heterocycles. The van der Waals surface area contributed by atoms with Crippen molar-refractivity contribution in [1.29, 1.82) is 0 Å². The van der Waals surface area contributed by atoms with Crippen LogP contribution in [0, 0.1) is 13.8 Å². The van der Waals surface area contributed by atoms with Crippen LogP contribution in [0.15, 0.2) is 59.5 Å². The first kappa shape index (κ1) is 21.5. The molecule has 1 amide bonds. The molecule has 156 valence electrons. The molecule has 0 spiro atoms. The molecule has 0 saturated heterocycles. The van der Waals surface area contributed by atoms with Crippen molar-refractivity contribution in [2.45, 2.75) is 24.5 Å². The zero-order valence-corrected chi connectivity index (χ0v) is 17.1. The number of carbonyl (C=O) groups is 2. The van der Waals surface area contributed by atoms with Gasteiger partial charge in [0, 0.05) is 10.6 Å². The predicted octanol–water partition coefficient (Wildman–Crippen LogP) is 4.60. The van der Waals surface area contributed by atoms with E-state index in [9.17, 15) is 18.4 Å². The molecular formula is C21H19F2N3O3S. The lowest BCUT2D eigenvalue weighted by atomic mass is 10.2. The van der Waals surface area contributed by atoms with Crippen molar-refractivity contribution >= 4 is 29.3 Å². The maximum absolute atomic E-state index is 12.6. The summed E-state index contributed by atoms with van der Waals surface area (Å²) in [7, 11) is 0. The zero-order valence-electron chi connectivity index (χ0n) is 16.3. The highest BCUT2D eigenvalue weighted by Gasteiger charge is 2.14. The Morgan fingerprint density at radius 3 is 2.47 bits per heavy atom. The van der Waals surface area contributed by atoms with Crippen molar-refractivity contribution in [3.8, 4) is 5.69 Å². The molecule has 0 aliphatic carbocycles. The molecule has 0 atom stereocenters. The number of halogens is 2. The fourth-order valence-corrected chi connectivity index (χ4v) is 3.39. The highest BCUT2D eigenvalue weighted by molar-refractivity contribution is 7.99. The fourth-order valence-electron chi connectivity index (χ4n) is 2.80. The van der Waals surface area contributed by atoms with E-state index in [0.29, 0.717) is 11.8 Å². The molecular weight excluding hydrogens is 412 g/mol. The number of benzene rings is 2. The van der Waals surface area contributed by atoms with Crippen LogP contribution in [-0.4, -0.2) is 34.0 Å². The van der Waals surface area contributed by atoms with E-state index in [1.54, 1.807) is 41.1 Å². The third-order valence-electron chi connectivity index (χ3n) is 4.07. The van der Waals surface area contributed by atoms with Crippen molar-refractivity contribution in [2.24, 2.45) is 0 Å². The van der Waals surface area contributed by atoms with E-state index in [2.05, 4.69) is 10.4 Å². The summed E-state index contributed by atoms with van der Waals surface area (Å²) in [6, 6.07) is 14.8. The Morgan fingerprint density at radius 2 is 1.83 bits per heavy atom. The largest absolute Gasteiger partial charge is 0.452 e. The van der Waals surface area contributed by atoms with Gasteiger partial charge in [-0.1, -0.05) is 23.9 Å². The number of ether oxygens (including phenoxy) is 1. The topological polar surface area (TPSA) is 73.2 Å². The summed E-state index contributed by atoms with van der Waals surface area (Å²) >= 11 is 0.327. The van der Waals surface area contributed by atoms with Gasteiger partial charge in [0.05, 0.1) is 22.6 Å². The number of para-hydroxylation sites is 1. The number of carbonyl (C=O) groups excluding carboxylic acids is 2. The van der Waals surface area contributed by atoms with Gasteiger partial charge in [-0.3, -0.25) is 4.79 Å². The molecule has 0 aliphatic heterocycles. The van der Waals surface area contributed by atoms with E-state index in [1.165, 1.54) is 12.1 Å². The lowest BCUT2D eigenvalue weighted by molar-refractivity contribution is -0.119. The van der Waals surface area contributed by atoms with Crippen molar-refractivity contribution in [1.82, 2.24) is 9.78 Å². The summed E-state index contributed by atoms with van der Waals surface area (Å²) in [5, 5.41) is 6.86. The molecule has 1 N–H and O–H groups in total. The van der Waals surface area contributed by atoms with E-state index < -0.39 is 24.2 Å². The molecule has 0 radical (unpaired) electrons. The number of alkyl halides is 2. The quantitative estimate of drug-likeness (QED) is 0.437. The maximum Gasteiger partial charge on any atom is 0.338 e. The summed E-state index contributed by atoms with van der Waals surface area (Å²) in [5.74, 6) is -3.90. The van der Waals surface area contributed by atoms with Crippen molar-refractivity contribution in [3.63, 3.8) is 0 Å². The summed E-state index contributed by atoms with van der Waals surface area (Å²) in [5.41, 5.74) is 3.16. The second-order valence-corrected chi connectivity index (χ2v) is 7.42. The first-order valence-electron chi connectivity index (χ1n) is 8.98. The second kappa shape index (κ2) is 9.53. The Kier molecular flexibility index (Phi) is 6.83.